The Bertz CT molecular complexity index is 890. The normalized spacial score (nSPS) is 11.1. The summed E-state index contributed by atoms with van der Waals surface area (Å²) in [6.45, 7) is 2.07. The number of hydrogen-bond acceptors (Lipinski definition) is 3. The van der Waals surface area contributed by atoms with Crippen molar-refractivity contribution < 1.29 is 0 Å². The van der Waals surface area contributed by atoms with Crippen molar-refractivity contribution in [2.45, 2.75) is 13.3 Å². The minimum atomic E-state index is -0.0953. The third-order valence-electron chi connectivity index (χ3n) is 3.07. The summed E-state index contributed by atoms with van der Waals surface area (Å²) in [7, 11) is 0. The number of H-pyrrole nitrogens is 1. The SMILES string of the molecule is CCc1cc2c(=O)n(-c3ccc(Cl)cc3)c(=S)[nH]c2s1. The summed E-state index contributed by atoms with van der Waals surface area (Å²) >= 11 is 12.8. The van der Waals surface area contributed by atoms with Gasteiger partial charge in [-0.15, -0.1) is 11.3 Å². The van der Waals surface area contributed by atoms with E-state index >= 15 is 0 Å². The van der Waals surface area contributed by atoms with Crippen molar-refractivity contribution in [3.05, 3.63) is 55.4 Å². The van der Waals surface area contributed by atoms with Crippen molar-refractivity contribution >= 4 is 45.4 Å². The van der Waals surface area contributed by atoms with Crippen molar-refractivity contribution in [2.75, 3.05) is 0 Å². The quantitative estimate of drug-likeness (QED) is 0.713. The number of hydrogen-bond donors (Lipinski definition) is 1. The van der Waals surface area contributed by atoms with E-state index in [9.17, 15) is 4.79 Å². The zero-order chi connectivity index (χ0) is 14.3. The van der Waals surface area contributed by atoms with Crippen molar-refractivity contribution in [3.63, 3.8) is 0 Å². The molecule has 2 aromatic heterocycles. The summed E-state index contributed by atoms with van der Waals surface area (Å²) in [5, 5.41) is 1.30. The van der Waals surface area contributed by atoms with Gasteiger partial charge in [0.25, 0.3) is 5.56 Å². The third-order valence-corrected chi connectivity index (χ3v) is 4.80. The Morgan fingerprint density at radius 3 is 2.70 bits per heavy atom. The van der Waals surface area contributed by atoms with E-state index in [1.165, 1.54) is 4.57 Å². The van der Waals surface area contributed by atoms with Crippen LogP contribution in [0.25, 0.3) is 15.9 Å². The second kappa shape index (κ2) is 5.16. The summed E-state index contributed by atoms with van der Waals surface area (Å²) < 4.78 is 1.90. The molecule has 0 saturated heterocycles. The summed E-state index contributed by atoms with van der Waals surface area (Å²) in [6.07, 6.45) is 0.903. The molecule has 0 aliphatic heterocycles. The van der Waals surface area contributed by atoms with Gasteiger partial charge in [-0.25, -0.2) is 0 Å². The van der Waals surface area contributed by atoms with Crippen LogP contribution in [-0.2, 0) is 6.42 Å². The summed E-state index contributed by atoms with van der Waals surface area (Å²) in [5.41, 5.74) is 0.619. The van der Waals surface area contributed by atoms with E-state index in [0.29, 0.717) is 20.9 Å². The molecule has 0 radical (unpaired) electrons. The van der Waals surface area contributed by atoms with Crippen LogP contribution in [0.3, 0.4) is 0 Å². The number of benzene rings is 1. The monoisotopic (exact) mass is 322 g/mol. The van der Waals surface area contributed by atoms with Crippen LogP contribution in [0.5, 0.6) is 0 Å². The molecule has 102 valence electrons. The molecule has 0 aliphatic carbocycles. The molecular weight excluding hydrogens is 312 g/mol. The molecule has 3 rings (SSSR count). The standard InChI is InChI=1S/C14H11ClN2OS2/c1-2-10-7-11-12(20-10)16-14(19)17(13(11)18)9-5-3-8(15)4-6-9/h3-7H,2H2,1H3,(H,16,19). The Hall–Kier alpha value is -1.43. The van der Waals surface area contributed by atoms with Gasteiger partial charge < -0.3 is 4.98 Å². The largest absolute Gasteiger partial charge is 0.323 e. The Labute approximate surface area is 129 Å². The van der Waals surface area contributed by atoms with E-state index in [2.05, 4.69) is 11.9 Å². The first-order valence-electron chi connectivity index (χ1n) is 6.14. The summed E-state index contributed by atoms with van der Waals surface area (Å²) in [5.74, 6) is 0. The third kappa shape index (κ3) is 2.22. The zero-order valence-corrected chi connectivity index (χ0v) is 13.0. The minimum absolute atomic E-state index is 0.0953. The van der Waals surface area contributed by atoms with Crippen LogP contribution >= 0.6 is 35.2 Å². The second-order valence-electron chi connectivity index (χ2n) is 4.36. The van der Waals surface area contributed by atoms with Crippen LogP contribution in [0, 0.1) is 4.77 Å². The van der Waals surface area contributed by atoms with E-state index < -0.39 is 0 Å². The molecule has 0 saturated carbocycles. The first-order chi connectivity index (χ1) is 9.60. The maximum absolute atomic E-state index is 12.6. The van der Waals surface area contributed by atoms with Gasteiger partial charge in [0, 0.05) is 9.90 Å². The molecule has 0 unspecified atom stereocenters. The predicted octanol–water partition coefficient (Wildman–Crippen LogP) is 4.33. The highest BCUT2D eigenvalue weighted by molar-refractivity contribution is 7.71. The molecule has 0 fully saturated rings. The number of fused-ring (bicyclic) bond motifs is 1. The Morgan fingerprint density at radius 2 is 2.05 bits per heavy atom. The van der Waals surface area contributed by atoms with Gasteiger partial charge in [0.15, 0.2) is 4.77 Å². The van der Waals surface area contributed by atoms with Crippen LogP contribution in [0.2, 0.25) is 5.02 Å². The van der Waals surface area contributed by atoms with Gasteiger partial charge in [-0.1, -0.05) is 18.5 Å². The summed E-state index contributed by atoms with van der Waals surface area (Å²) in [6, 6.07) is 8.99. The highest BCUT2D eigenvalue weighted by Gasteiger charge is 2.10. The summed E-state index contributed by atoms with van der Waals surface area (Å²) in [4.78, 5) is 17.7. The lowest BCUT2D eigenvalue weighted by molar-refractivity contribution is 0.943. The average molecular weight is 323 g/mol. The Balaban J connectivity index is 2.33. The van der Waals surface area contributed by atoms with E-state index in [1.807, 2.05) is 6.07 Å². The van der Waals surface area contributed by atoms with Gasteiger partial charge in [-0.2, -0.15) is 0 Å². The molecule has 0 aliphatic rings. The molecule has 0 atom stereocenters. The van der Waals surface area contributed by atoms with E-state index in [-0.39, 0.29) is 5.56 Å². The molecule has 3 nitrogen and oxygen atoms in total. The molecule has 20 heavy (non-hydrogen) atoms. The predicted molar refractivity (Wildman–Crippen MR) is 87.0 cm³/mol. The molecule has 3 aromatic rings. The van der Waals surface area contributed by atoms with Gasteiger partial charge in [0.2, 0.25) is 0 Å². The topological polar surface area (TPSA) is 37.8 Å². The Morgan fingerprint density at radius 1 is 1.35 bits per heavy atom. The van der Waals surface area contributed by atoms with Gasteiger partial charge in [0.1, 0.15) is 4.83 Å². The fourth-order valence-electron chi connectivity index (χ4n) is 2.06. The smallest absolute Gasteiger partial charge is 0.267 e. The molecule has 6 heteroatoms. The van der Waals surface area contributed by atoms with Crippen LogP contribution in [-0.4, -0.2) is 9.55 Å². The fraction of sp³-hybridized carbons (Fsp3) is 0.143. The van der Waals surface area contributed by atoms with Gasteiger partial charge in [-0.05, 0) is 49.0 Å². The van der Waals surface area contributed by atoms with Crippen molar-refractivity contribution in [1.29, 1.82) is 0 Å². The van der Waals surface area contributed by atoms with Crippen molar-refractivity contribution in [3.8, 4) is 5.69 Å². The second-order valence-corrected chi connectivity index (χ2v) is 6.32. The molecular formula is C14H11ClN2OS2. The number of nitrogens with zero attached hydrogens (tertiary/aromatic N) is 1. The van der Waals surface area contributed by atoms with Crippen LogP contribution in [0.1, 0.15) is 11.8 Å². The maximum Gasteiger partial charge on any atom is 0.267 e. The molecule has 0 amide bonds. The lowest BCUT2D eigenvalue weighted by atomic mass is 10.3. The molecule has 0 spiro atoms. The highest BCUT2D eigenvalue weighted by Crippen LogP contribution is 2.22. The number of halogens is 1. The number of thiophene rings is 1. The molecule has 1 N–H and O–H groups in total. The van der Waals surface area contributed by atoms with Crippen LogP contribution in [0.4, 0.5) is 0 Å². The van der Waals surface area contributed by atoms with Crippen LogP contribution in [0.15, 0.2) is 35.1 Å². The number of aromatic amines is 1. The van der Waals surface area contributed by atoms with Crippen LogP contribution < -0.4 is 5.56 Å². The fourth-order valence-corrected chi connectivity index (χ4v) is 3.53. The van der Waals surface area contributed by atoms with Crippen molar-refractivity contribution in [2.24, 2.45) is 0 Å². The van der Waals surface area contributed by atoms with Gasteiger partial charge >= 0.3 is 0 Å². The maximum atomic E-state index is 12.6. The lowest BCUT2D eigenvalue weighted by Crippen LogP contribution is -2.19. The molecule has 2 heterocycles. The first kappa shape index (κ1) is 13.5. The van der Waals surface area contributed by atoms with E-state index in [4.69, 9.17) is 23.8 Å². The highest BCUT2D eigenvalue weighted by atomic mass is 35.5. The number of aryl methyl sites for hydroxylation is 1. The average Bonchev–Trinajstić information content (AvgIpc) is 2.84. The van der Waals surface area contributed by atoms with Gasteiger partial charge in [-0.3, -0.25) is 9.36 Å². The first-order valence-corrected chi connectivity index (χ1v) is 7.74. The minimum Gasteiger partial charge on any atom is -0.323 e. The zero-order valence-electron chi connectivity index (χ0n) is 10.6. The number of rotatable bonds is 2. The molecule has 0 bridgehead atoms. The molecule has 1 aromatic carbocycles. The lowest BCUT2D eigenvalue weighted by Gasteiger charge is -2.06. The van der Waals surface area contributed by atoms with E-state index in [1.54, 1.807) is 35.6 Å². The number of aromatic nitrogens is 2. The van der Waals surface area contributed by atoms with Crippen molar-refractivity contribution in [1.82, 2.24) is 9.55 Å². The van der Waals surface area contributed by atoms with Gasteiger partial charge in [0.05, 0.1) is 11.1 Å². The Kier molecular flexibility index (Phi) is 3.50. The van der Waals surface area contributed by atoms with E-state index in [0.717, 1.165) is 16.1 Å². The number of nitrogens with one attached hydrogen (secondary N) is 1.